The summed E-state index contributed by atoms with van der Waals surface area (Å²) in [5.74, 6) is -0.424. The summed E-state index contributed by atoms with van der Waals surface area (Å²) in [6, 6.07) is 23.0. The molecule has 0 heterocycles. The van der Waals surface area contributed by atoms with Gasteiger partial charge in [0.25, 0.3) is 0 Å². The Labute approximate surface area is 135 Å². The van der Waals surface area contributed by atoms with Crippen molar-refractivity contribution in [2.45, 2.75) is 18.9 Å². The summed E-state index contributed by atoms with van der Waals surface area (Å²) in [4.78, 5) is 11.8. The maximum absolute atomic E-state index is 11.8. The van der Waals surface area contributed by atoms with E-state index in [1.165, 1.54) is 0 Å². The summed E-state index contributed by atoms with van der Waals surface area (Å²) in [5.41, 5.74) is -0.366. The average molecular weight is 306 g/mol. The highest BCUT2D eigenvalue weighted by molar-refractivity contribution is 5.87. The van der Waals surface area contributed by atoms with Crippen molar-refractivity contribution in [3.8, 4) is 5.75 Å². The minimum Gasteiger partial charge on any atom is -0.478 e. The summed E-state index contributed by atoms with van der Waals surface area (Å²) >= 11 is 0. The number of hydrogen-bond donors (Lipinski definition) is 1. The minimum atomic E-state index is -1.33. The van der Waals surface area contributed by atoms with Crippen LogP contribution < -0.4 is 4.74 Å². The van der Waals surface area contributed by atoms with Crippen LogP contribution in [-0.2, 0) is 11.2 Å². The number of carboxylic acids is 1. The van der Waals surface area contributed by atoms with Crippen LogP contribution in [0.4, 0.5) is 0 Å². The Kier molecular flexibility index (Phi) is 4.02. The fourth-order valence-corrected chi connectivity index (χ4v) is 2.71. The average Bonchev–Trinajstić information content (AvgIpc) is 2.56. The molecule has 3 nitrogen and oxygen atoms in total. The van der Waals surface area contributed by atoms with Gasteiger partial charge in [0, 0.05) is 6.42 Å². The molecule has 0 saturated heterocycles. The summed E-state index contributed by atoms with van der Waals surface area (Å²) < 4.78 is 5.82. The molecule has 0 aliphatic rings. The predicted molar refractivity (Wildman–Crippen MR) is 90.8 cm³/mol. The maximum Gasteiger partial charge on any atom is 0.348 e. The van der Waals surface area contributed by atoms with Gasteiger partial charge in [0.15, 0.2) is 0 Å². The Hall–Kier alpha value is -2.81. The van der Waals surface area contributed by atoms with E-state index in [1.807, 2.05) is 60.7 Å². The van der Waals surface area contributed by atoms with Crippen molar-refractivity contribution in [3.63, 3.8) is 0 Å². The van der Waals surface area contributed by atoms with Crippen molar-refractivity contribution in [3.05, 3.63) is 78.4 Å². The topological polar surface area (TPSA) is 46.5 Å². The highest BCUT2D eigenvalue weighted by Crippen LogP contribution is 2.26. The molecule has 3 aromatic carbocycles. The van der Waals surface area contributed by atoms with Gasteiger partial charge in [0.05, 0.1) is 0 Å². The van der Waals surface area contributed by atoms with Gasteiger partial charge in [-0.3, -0.25) is 0 Å². The molecule has 0 aliphatic carbocycles. The van der Waals surface area contributed by atoms with Gasteiger partial charge in [0.2, 0.25) is 5.60 Å². The van der Waals surface area contributed by atoms with Gasteiger partial charge in [-0.15, -0.1) is 0 Å². The van der Waals surface area contributed by atoms with E-state index < -0.39 is 11.6 Å². The zero-order valence-corrected chi connectivity index (χ0v) is 12.9. The Morgan fingerprint density at radius 3 is 2.35 bits per heavy atom. The van der Waals surface area contributed by atoms with Crippen molar-refractivity contribution in [2.24, 2.45) is 0 Å². The molecule has 0 radical (unpaired) electrons. The number of ether oxygens (including phenoxy) is 1. The quantitative estimate of drug-likeness (QED) is 0.764. The Balaban J connectivity index is 1.97. The van der Waals surface area contributed by atoms with E-state index in [9.17, 15) is 9.90 Å². The summed E-state index contributed by atoms with van der Waals surface area (Å²) in [5, 5.41) is 11.9. The van der Waals surface area contributed by atoms with Crippen LogP contribution in [0.2, 0.25) is 0 Å². The summed E-state index contributed by atoms with van der Waals surface area (Å²) in [7, 11) is 0. The van der Waals surface area contributed by atoms with Crippen LogP contribution in [0.3, 0.4) is 0 Å². The molecular formula is C20H18O3. The molecule has 1 N–H and O–H groups in total. The first-order valence-electron chi connectivity index (χ1n) is 7.53. The molecule has 0 spiro atoms. The number of carbonyl (C=O) groups is 1. The van der Waals surface area contributed by atoms with Crippen molar-refractivity contribution in [1.29, 1.82) is 0 Å². The molecule has 116 valence electrons. The van der Waals surface area contributed by atoms with Crippen LogP contribution in [-0.4, -0.2) is 16.7 Å². The van der Waals surface area contributed by atoms with Crippen molar-refractivity contribution in [2.75, 3.05) is 0 Å². The second-order valence-electron chi connectivity index (χ2n) is 5.77. The summed E-state index contributed by atoms with van der Waals surface area (Å²) in [6.07, 6.45) is 0.290. The van der Waals surface area contributed by atoms with Crippen molar-refractivity contribution in [1.82, 2.24) is 0 Å². The molecule has 1 atom stereocenters. The number of hydrogen-bond acceptors (Lipinski definition) is 2. The SMILES string of the molecule is CC(Cc1cccc2ccccc12)(Oc1ccccc1)C(=O)O. The minimum absolute atomic E-state index is 0.290. The smallest absolute Gasteiger partial charge is 0.348 e. The molecule has 23 heavy (non-hydrogen) atoms. The van der Waals surface area contributed by atoms with Crippen LogP contribution in [0.15, 0.2) is 72.8 Å². The third-order valence-corrected chi connectivity index (χ3v) is 3.95. The fourth-order valence-electron chi connectivity index (χ4n) is 2.71. The molecule has 3 heteroatoms. The third-order valence-electron chi connectivity index (χ3n) is 3.95. The van der Waals surface area contributed by atoms with Crippen LogP contribution in [0.5, 0.6) is 5.75 Å². The van der Waals surface area contributed by atoms with Gasteiger partial charge in [0.1, 0.15) is 5.75 Å². The monoisotopic (exact) mass is 306 g/mol. The van der Waals surface area contributed by atoms with Gasteiger partial charge >= 0.3 is 5.97 Å². The van der Waals surface area contributed by atoms with Crippen LogP contribution in [0, 0.1) is 0 Å². The molecule has 0 aromatic heterocycles. The maximum atomic E-state index is 11.8. The molecule has 3 rings (SSSR count). The molecule has 3 aromatic rings. The molecule has 0 bridgehead atoms. The van der Waals surface area contributed by atoms with Crippen LogP contribution >= 0.6 is 0 Å². The lowest BCUT2D eigenvalue weighted by atomic mass is 9.92. The van der Waals surface area contributed by atoms with Gasteiger partial charge in [-0.05, 0) is 35.4 Å². The first kappa shape index (κ1) is 15.1. The Morgan fingerprint density at radius 1 is 0.957 bits per heavy atom. The van der Waals surface area contributed by atoms with Crippen molar-refractivity contribution >= 4 is 16.7 Å². The predicted octanol–water partition coefficient (Wildman–Crippen LogP) is 4.30. The van der Waals surface area contributed by atoms with Gasteiger partial charge in [-0.25, -0.2) is 4.79 Å². The van der Waals surface area contributed by atoms with E-state index in [4.69, 9.17) is 4.74 Å². The lowest BCUT2D eigenvalue weighted by Crippen LogP contribution is -2.43. The third kappa shape index (κ3) is 3.19. The Morgan fingerprint density at radius 2 is 1.61 bits per heavy atom. The number of rotatable bonds is 5. The second-order valence-corrected chi connectivity index (χ2v) is 5.77. The number of aliphatic carboxylic acids is 1. The zero-order valence-electron chi connectivity index (χ0n) is 12.9. The molecule has 1 unspecified atom stereocenters. The molecular weight excluding hydrogens is 288 g/mol. The largest absolute Gasteiger partial charge is 0.478 e. The normalized spacial score (nSPS) is 13.4. The zero-order chi connectivity index (χ0) is 16.3. The van der Waals surface area contributed by atoms with E-state index in [-0.39, 0.29) is 0 Å². The standard InChI is InChI=1S/C20H18O3/c1-20(19(21)22,23-17-11-3-2-4-12-17)14-16-10-7-9-15-8-5-6-13-18(15)16/h2-13H,14H2,1H3,(H,21,22). The molecule has 0 fully saturated rings. The van der Waals surface area contributed by atoms with E-state index in [1.54, 1.807) is 19.1 Å². The van der Waals surface area contributed by atoms with E-state index in [0.29, 0.717) is 12.2 Å². The molecule has 0 saturated carbocycles. The van der Waals surface area contributed by atoms with Crippen molar-refractivity contribution < 1.29 is 14.6 Å². The fraction of sp³-hybridized carbons (Fsp3) is 0.150. The first-order valence-corrected chi connectivity index (χ1v) is 7.53. The van der Waals surface area contributed by atoms with E-state index >= 15 is 0 Å². The molecule has 0 amide bonds. The van der Waals surface area contributed by atoms with Gasteiger partial charge < -0.3 is 9.84 Å². The lowest BCUT2D eigenvalue weighted by Gasteiger charge is -2.27. The first-order chi connectivity index (χ1) is 11.1. The number of benzene rings is 3. The second kappa shape index (κ2) is 6.13. The number of carboxylic acid groups (broad SMARTS) is 1. The van der Waals surface area contributed by atoms with Gasteiger partial charge in [-0.1, -0.05) is 60.7 Å². The highest BCUT2D eigenvalue weighted by Gasteiger charge is 2.36. The molecule has 0 aliphatic heterocycles. The summed E-state index contributed by atoms with van der Waals surface area (Å²) in [6.45, 7) is 1.62. The lowest BCUT2D eigenvalue weighted by molar-refractivity contribution is -0.153. The number of para-hydroxylation sites is 1. The van der Waals surface area contributed by atoms with E-state index in [0.717, 1.165) is 16.3 Å². The van der Waals surface area contributed by atoms with Crippen LogP contribution in [0.25, 0.3) is 10.8 Å². The highest BCUT2D eigenvalue weighted by atomic mass is 16.5. The Bertz CT molecular complexity index is 821. The van der Waals surface area contributed by atoms with Crippen LogP contribution in [0.1, 0.15) is 12.5 Å². The number of fused-ring (bicyclic) bond motifs is 1. The van der Waals surface area contributed by atoms with Gasteiger partial charge in [-0.2, -0.15) is 0 Å². The van der Waals surface area contributed by atoms with E-state index in [2.05, 4.69) is 0 Å².